The van der Waals surface area contributed by atoms with Crippen LogP contribution in [0.25, 0.3) is 0 Å². The third-order valence-electron chi connectivity index (χ3n) is 5.45. The van der Waals surface area contributed by atoms with Crippen molar-refractivity contribution in [2.45, 2.75) is 39.8 Å². The summed E-state index contributed by atoms with van der Waals surface area (Å²) in [5, 5.41) is 3.24. The van der Waals surface area contributed by atoms with E-state index in [1.807, 2.05) is 0 Å². The van der Waals surface area contributed by atoms with Gasteiger partial charge in [-0.15, -0.1) is 0 Å². The van der Waals surface area contributed by atoms with Crippen LogP contribution < -0.4 is 10.2 Å². The van der Waals surface area contributed by atoms with Crippen LogP contribution in [0.15, 0.2) is 42.5 Å². The van der Waals surface area contributed by atoms with Crippen molar-refractivity contribution in [1.82, 2.24) is 4.90 Å². The molecule has 2 aromatic rings. The van der Waals surface area contributed by atoms with Crippen molar-refractivity contribution in [2.75, 3.05) is 36.4 Å². The molecule has 0 spiro atoms. The highest BCUT2D eigenvalue weighted by molar-refractivity contribution is 5.64. The lowest BCUT2D eigenvalue weighted by Gasteiger charge is -2.23. The molecule has 1 unspecified atom stereocenters. The summed E-state index contributed by atoms with van der Waals surface area (Å²) in [5.41, 5.74) is 5.09. The first kappa shape index (κ1) is 20.2. The summed E-state index contributed by atoms with van der Waals surface area (Å²) in [4.78, 5) is 4.86. The van der Waals surface area contributed by atoms with Crippen LogP contribution in [0.5, 0.6) is 0 Å². The van der Waals surface area contributed by atoms with Gasteiger partial charge in [0.1, 0.15) is 5.82 Å². The zero-order valence-corrected chi connectivity index (χ0v) is 17.1. The monoisotopic (exact) mass is 379 g/mol. The van der Waals surface area contributed by atoms with Crippen LogP contribution in [0.4, 0.5) is 15.8 Å². The number of halogens is 1. The van der Waals surface area contributed by atoms with Gasteiger partial charge in [0.05, 0.1) is 12.6 Å². The smallest absolute Gasteiger partial charge is 0.123 e. The minimum atomic E-state index is -0.223. The van der Waals surface area contributed by atoms with Gasteiger partial charge in [-0.1, -0.05) is 37.8 Å². The van der Waals surface area contributed by atoms with Crippen LogP contribution in [0, 0.1) is 17.7 Å². The molecule has 28 heavy (non-hydrogen) atoms. The number of hydrogen-bond donors (Lipinski definition) is 1. The van der Waals surface area contributed by atoms with E-state index in [0.29, 0.717) is 6.54 Å². The molecule has 1 heterocycles. The molecule has 0 saturated heterocycles. The molecule has 0 bridgehead atoms. The van der Waals surface area contributed by atoms with Gasteiger partial charge in [-0.25, -0.2) is 4.39 Å². The molecular formula is C24H30FN3. The van der Waals surface area contributed by atoms with Crippen molar-refractivity contribution in [3.63, 3.8) is 0 Å². The summed E-state index contributed by atoms with van der Waals surface area (Å²) in [7, 11) is 0. The Morgan fingerprint density at radius 2 is 1.86 bits per heavy atom. The highest BCUT2D eigenvalue weighted by Crippen LogP contribution is 2.34. The SMILES string of the molecule is CCN(CC)Cc1cccc2c1CC(C#CCNc1ccc(F)cc1)N2CC. The minimum absolute atomic E-state index is 0.216. The number of fused-ring (bicyclic) bond motifs is 1. The molecule has 0 fully saturated rings. The molecule has 1 aliphatic rings. The number of benzene rings is 2. The second kappa shape index (κ2) is 9.61. The quantitative estimate of drug-likeness (QED) is 0.713. The maximum Gasteiger partial charge on any atom is 0.123 e. The van der Waals surface area contributed by atoms with E-state index >= 15 is 0 Å². The van der Waals surface area contributed by atoms with Gasteiger partial charge in [0.2, 0.25) is 0 Å². The molecule has 4 heteroatoms. The number of rotatable bonds is 7. The molecule has 148 valence electrons. The summed E-state index contributed by atoms with van der Waals surface area (Å²) in [6, 6.07) is 13.3. The lowest BCUT2D eigenvalue weighted by Crippen LogP contribution is -2.30. The van der Waals surface area contributed by atoms with Crippen LogP contribution in [-0.4, -0.2) is 37.1 Å². The van der Waals surface area contributed by atoms with Gasteiger partial charge in [-0.2, -0.15) is 0 Å². The van der Waals surface area contributed by atoms with Crippen LogP contribution in [0.1, 0.15) is 31.9 Å². The molecule has 2 aromatic carbocycles. The fourth-order valence-electron chi connectivity index (χ4n) is 3.84. The van der Waals surface area contributed by atoms with Crippen molar-refractivity contribution in [2.24, 2.45) is 0 Å². The Morgan fingerprint density at radius 3 is 2.54 bits per heavy atom. The van der Waals surface area contributed by atoms with Crippen molar-refractivity contribution in [3.05, 3.63) is 59.4 Å². The van der Waals surface area contributed by atoms with E-state index < -0.39 is 0 Å². The molecule has 0 amide bonds. The van der Waals surface area contributed by atoms with Crippen LogP contribution in [-0.2, 0) is 13.0 Å². The van der Waals surface area contributed by atoms with E-state index in [0.717, 1.165) is 38.3 Å². The first-order valence-corrected chi connectivity index (χ1v) is 10.2. The van der Waals surface area contributed by atoms with Gasteiger partial charge in [0.15, 0.2) is 0 Å². The van der Waals surface area contributed by atoms with Crippen molar-refractivity contribution < 1.29 is 4.39 Å². The molecule has 0 saturated carbocycles. The van der Waals surface area contributed by atoms with E-state index in [9.17, 15) is 4.39 Å². The molecule has 0 aromatic heterocycles. The largest absolute Gasteiger partial charge is 0.374 e. The van der Waals surface area contributed by atoms with E-state index in [-0.39, 0.29) is 11.9 Å². The van der Waals surface area contributed by atoms with Gasteiger partial charge in [0, 0.05) is 30.9 Å². The van der Waals surface area contributed by atoms with Crippen LogP contribution in [0.2, 0.25) is 0 Å². The third kappa shape index (κ3) is 4.66. The Bertz CT molecular complexity index is 831. The number of hydrogen-bond acceptors (Lipinski definition) is 3. The van der Waals surface area contributed by atoms with Crippen LogP contribution >= 0.6 is 0 Å². The summed E-state index contributed by atoms with van der Waals surface area (Å²) in [5.74, 6) is 6.49. The lowest BCUT2D eigenvalue weighted by atomic mass is 10.0. The molecule has 1 aliphatic heterocycles. The zero-order chi connectivity index (χ0) is 19.9. The topological polar surface area (TPSA) is 18.5 Å². The Kier molecular flexibility index (Phi) is 6.95. The first-order chi connectivity index (χ1) is 13.7. The van der Waals surface area contributed by atoms with Gasteiger partial charge in [-0.3, -0.25) is 4.90 Å². The van der Waals surface area contributed by atoms with E-state index in [4.69, 9.17) is 0 Å². The van der Waals surface area contributed by atoms with Crippen molar-refractivity contribution in [1.29, 1.82) is 0 Å². The van der Waals surface area contributed by atoms with Gasteiger partial charge in [-0.05, 0) is 61.5 Å². The average Bonchev–Trinajstić information content (AvgIpc) is 3.09. The Hall–Kier alpha value is -2.51. The Morgan fingerprint density at radius 1 is 1.11 bits per heavy atom. The number of nitrogens with one attached hydrogen (secondary N) is 1. The molecule has 1 N–H and O–H groups in total. The van der Waals surface area contributed by atoms with Crippen LogP contribution in [0.3, 0.4) is 0 Å². The van der Waals surface area contributed by atoms with E-state index in [1.165, 1.54) is 28.9 Å². The fourth-order valence-corrected chi connectivity index (χ4v) is 3.84. The molecule has 0 aliphatic carbocycles. The molecule has 3 rings (SSSR count). The number of anilines is 2. The maximum absolute atomic E-state index is 13.0. The summed E-state index contributed by atoms with van der Waals surface area (Å²) in [6.45, 7) is 11.3. The van der Waals surface area contributed by atoms with Crippen molar-refractivity contribution in [3.8, 4) is 11.8 Å². The minimum Gasteiger partial charge on any atom is -0.374 e. The zero-order valence-electron chi connectivity index (χ0n) is 17.1. The number of likely N-dealkylation sites (N-methyl/N-ethyl adjacent to an activating group) is 1. The predicted octanol–water partition coefficient (Wildman–Crippen LogP) is 4.53. The van der Waals surface area contributed by atoms with E-state index in [2.05, 4.69) is 65.9 Å². The Balaban J connectivity index is 1.69. The summed E-state index contributed by atoms with van der Waals surface area (Å²) in [6.07, 6.45) is 0.976. The second-order valence-corrected chi connectivity index (χ2v) is 7.06. The molecule has 1 atom stereocenters. The highest BCUT2D eigenvalue weighted by atomic mass is 19.1. The van der Waals surface area contributed by atoms with Gasteiger partial charge in [0.25, 0.3) is 0 Å². The lowest BCUT2D eigenvalue weighted by molar-refractivity contribution is 0.295. The molecular weight excluding hydrogens is 349 g/mol. The average molecular weight is 380 g/mol. The second-order valence-electron chi connectivity index (χ2n) is 7.06. The summed E-state index contributed by atoms with van der Waals surface area (Å²) < 4.78 is 13.0. The number of nitrogens with zero attached hydrogens (tertiary/aromatic N) is 2. The maximum atomic E-state index is 13.0. The van der Waals surface area contributed by atoms with E-state index in [1.54, 1.807) is 12.1 Å². The molecule has 0 radical (unpaired) electrons. The Labute approximate surface area is 168 Å². The third-order valence-corrected chi connectivity index (χ3v) is 5.45. The van der Waals surface area contributed by atoms with Gasteiger partial charge < -0.3 is 10.2 Å². The predicted molar refractivity (Wildman–Crippen MR) is 116 cm³/mol. The molecule has 3 nitrogen and oxygen atoms in total. The summed E-state index contributed by atoms with van der Waals surface area (Å²) >= 11 is 0. The van der Waals surface area contributed by atoms with Gasteiger partial charge >= 0.3 is 0 Å². The highest BCUT2D eigenvalue weighted by Gasteiger charge is 2.28. The van der Waals surface area contributed by atoms with Crippen molar-refractivity contribution >= 4 is 11.4 Å². The fraction of sp³-hybridized carbons (Fsp3) is 0.417. The normalized spacial score (nSPS) is 15.3. The standard InChI is InChI=1S/C24H30FN3/c1-4-27(5-2)18-19-9-7-11-24-23(19)17-22(28(24)6-3)10-8-16-26-21-14-12-20(25)13-15-21/h7,9,11-15,22,26H,4-6,16-18H2,1-3H3. The first-order valence-electron chi connectivity index (χ1n) is 10.2.